The van der Waals surface area contributed by atoms with E-state index in [0.717, 1.165) is 0 Å². The molecule has 1 aliphatic rings. The van der Waals surface area contributed by atoms with Crippen LogP contribution < -0.4 is 14.4 Å². The first-order chi connectivity index (χ1) is 11.9. The summed E-state index contributed by atoms with van der Waals surface area (Å²) in [5, 5.41) is 0.509. The van der Waals surface area contributed by atoms with E-state index in [2.05, 4.69) is 0 Å². The smallest absolute Gasteiger partial charge is 0.264 e. The molecule has 130 valence electrons. The minimum absolute atomic E-state index is 0.00656. The second-order valence-electron chi connectivity index (χ2n) is 5.90. The number of halogens is 1. The molecule has 1 unspecified atom stereocenters. The molecular formula is C19H18ClNO4. The Hall–Kier alpha value is -2.53. The van der Waals surface area contributed by atoms with Crippen LogP contribution >= 0.6 is 11.6 Å². The van der Waals surface area contributed by atoms with Crippen molar-refractivity contribution in [3.8, 4) is 11.5 Å². The minimum atomic E-state index is -0.453. The third-order valence-corrected chi connectivity index (χ3v) is 4.74. The van der Waals surface area contributed by atoms with Crippen molar-refractivity contribution in [3.63, 3.8) is 0 Å². The second kappa shape index (κ2) is 6.76. The van der Waals surface area contributed by atoms with Gasteiger partial charge in [0, 0.05) is 23.6 Å². The molecular weight excluding hydrogens is 342 g/mol. The van der Waals surface area contributed by atoms with Gasteiger partial charge in [0.1, 0.15) is 11.5 Å². The fourth-order valence-electron chi connectivity index (χ4n) is 2.80. The highest BCUT2D eigenvalue weighted by Gasteiger charge is 2.26. The lowest BCUT2D eigenvalue weighted by atomic mass is 9.91. The Morgan fingerprint density at radius 2 is 2.04 bits per heavy atom. The van der Waals surface area contributed by atoms with Gasteiger partial charge < -0.3 is 14.4 Å². The molecule has 1 heterocycles. The Kier molecular flexibility index (Phi) is 4.68. The van der Waals surface area contributed by atoms with E-state index in [0.29, 0.717) is 33.3 Å². The molecule has 0 saturated carbocycles. The molecule has 1 amide bonds. The summed E-state index contributed by atoms with van der Waals surface area (Å²) in [5.41, 5.74) is 1.78. The Labute approximate surface area is 151 Å². The van der Waals surface area contributed by atoms with Crippen LogP contribution in [0.4, 0.5) is 5.69 Å². The van der Waals surface area contributed by atoms with Crippen LogP contribution in [0.1, 0.15) is 28.8 Å². The molecule has 1 aliphatic heterocycles. The minimum Gasteiger partial charge on any atom is -0.497 e. The van der Waals surface area contributed by atoms with Crippen LogP contribution in [0.5, 0.6) is 11.5 Å². The zero-order valence-corrected chi connectivity index (χ0v) is 15.0. The summed E-state index contributed by atoms with van der Waals surface area (Å²) in [4.78, 5) is 26.2. The molecule has 0 radical (unpaired) electrons. The van der Waals surface area contributed by atoms with Gasteiger partial charge in [0.05, 0.1) is 12.8 Å². The fraction of sp³-hybridized carbons (Fsp3) is 0.263. The van der Waals surface area contributed by atoms with Crippen LogP contribution in [-0.2, 0) is 4.79 Å². The van der Waals surface area contributed by atoms with E-state index < -0.39 is 5.92 Å². The van der Waals surface area contributed by atoms with Gasteiger partial charge in [0.25, 0.3) is 5.91 Å². The third kappa shape index (κ3) is 3.20. The highest BCUT2D eigenvalue weighted by molar-refractivity contribution is 6.31. The lowest BCUT2D eigenvalue weighted by molar-refractivity contribution is -0.120. The molecule has 0 bridgehead atoms. The Bertz CT molecular complexity index is 849. The molecule has 0 N–H and O–H groups in total. The largest absolute Gasteiger partial charge is 0.497 e. The summed E-state index contributed by atoms with van der Waals surface area (Å²) < 4.78 is 10.6. The Morgan fingerprint density at radius 1 is 1.28 bits per heavy atom. The van der Waals surface area contributed by atoms with Crippen molar-refractivity contribution in [2.24, 2.45) is 0 Å². The van der Waals surface area contributed by atoms with Crippen molar-refractivity contribution in [2.75, 3.05) is 25.7 Å². The number of rotatable bonds is 4. The van der Waals surface area contributed by atoms with Gasteiger partial charge >= 0.3 is 0 Å². The number of benzene rings is 2. The van der Waals surface area contributed by atoms with Crippen LogP contribution in [0.2, 0.25) is 5.02 Å². The van der Waals surface area contributed by atoms with Gasteiger partial charge in [-0.05, 0) is 42.0 Å². The topological polar surface area (TPSA) is 55.8 Å². The van der Waals surface area contributed by atoms with Crippen LogP contribution in [0.15, 0.2) is 36.4 Å². The Morgan fingerprint density at radius 3 is 2.76 bits per heavy atom. The number of Topliss-reactive ketones (excluding diaryl/α,β-unsaturated/α-hetero) is 1. The number of hydrogen-bond acceptors (Lipinski definition) is 4. The number of nitrogens with zero attached hydrogens (tertiary/aromatic N) is 1. The predicted molar refractivity (Wildman–Crippen MR) is 96.1 cm³/mol. The summed E-state index contributed by atoms with van der Waals surface area (Å²) in [7, 11) is 3.23. The first-order valence-electron chi connectivity index (χ1n) is 7.83. The zero-order chi connectivity index (χ0) is 18.1. The molecule has 1 atom stereocenters. The van der Waals surface area contributed by atoms with Gasteiger partial charge in [-0.15, -0.1) is 0 Å². The maximum atomic E-state index is 12.9. The molecule has 0 aliphatic carbocycles. The number of methoxy groups -OCH3 is 1. The number of amides is 1. The third-order valence-electron chi connectivity index (χ3n) is 4.39. The number of carbonyl (C=O) groups is 2. The molecule has 0 spiro atoms. The lowest BCUT2D eigenvalue weighted by Gasteiger charge is -2.26. The first kappa shape index (κ1) is 17.3. The molecule has 25 heavy (non-hydrogen) atoms. The van der Waals surface area contributed by atoms with Crippen molar-refractivity contribution in [2.45, 2.75) is 12.8 Å². The SMILES string of the molecule is COc1ccc(Cl)c(C(C)C(=O)c2ccc3c(c2)N(C)C(=O)CO3)c1. The van der Waals surface area contributed by atoms with E-state index in [4.69, 9.17) is 21.1 Å². The summed E-state index contributed by atoms with van der Waals surface area (Å²) in [6.45, 7) is 1.81. The van der Waals surface area contributed by atoms with Crippen LogP contribution in [0.25, 0.3) is 0 Å². The van der Waals surface area contributed by atoms with E-state index in [1.165, 1.54) is 4.90 Å². The number of ether oxygens (including phenoxy) is 2. The quantitative estimate of drug-likeness (QED) is 0.781. The van der Waals surface area contributed by atoms with Crippen molar-refractivity contribution >= 4 is 29.0 Å². The molecule has 3 rings (SSSR count). The summed E-state index contributed by atoms with van der Waals surface area (Å²) in [6.07, 6.45) is 0. The van der Waals surface area contributed by atoms with Gasteiger partial charge in [-0.3, -0.25) is 9.59 Å². The van der Waals surface area contributed by atoms with E-state index in [-0.39, 0.29) is 18.3 Å². The molecule has 0 saturated heterocycles. The molecule has 0 fully saturated rings. The maximum Gasteiger partial charge on any atom is 0.264 e. The Balaban J connectivity index is 1.95. The normalized spacial score (nSPS) is 14.6. The van der Waals surface area contributed by atoms with Crippen molar-refractivity contribution in [1.29, 1.82) is 0 Å². The van der Waals surface area contributed by atoms with Gasteiger partial charge in [-0.25, -0.2) is 0 Å². The van der Waals surface area contributed by atoms with Crippen molar-refractivity contribution < 1.29 is 19.1 Å². The predicted octanol–water partition coefficient (Wildman–Crippen LogP) is 3.69. The molecule has 6 heteroatoms. The van der Waals surface area contributed by atoms with E-state index >= 15 is 0 Å². The van der Waals surface area contributed by atoms with E-state index in [9.17, 15) is 9.59 Å². The first-order valence-corrected chi connectivity index (χ1v) is 8.21. The fourth-order valence-corrected chi connectivity index (χ4v) is 3.08. The molecule has 5 nitrogen and oxygen atoms in total. The number of carbonyl (C=O) groups excluding carboxylic acids is 2. The number of hydrogen-bond donors (Lipinski definition) is 0. The van der Waals surface area contributed by atoms with Crippen molar-refractivity contribution in [3.05, 3.63) is 52.5 Å². The van der Waals surface area contributed by atoms with Crippen LogP contribution in [0.3, 0.4) is 0 Å². The molecule has 2 aromatic rings. The molecule has 0 aromatic heterocycles. The maximum absolute atomic E-state index is 12.9. The van der Waals surface area contributed by atoms with Gasteiger partial charge in [-0.2, -0.15) is 0 Å². The monoisotopic (exact) mass is 359 g/mol. The summed E-state index contributed by atoms with van der Waals surface area (Å²) in [6, 6.07) is 10.3. The van der Waals surface area contributed by atoms with E-state index in [1.54, 1.807) is 57.5 Å². The number of anilines is 1. The van der Waals surface area contributed by atoms with Crippen LogP contribution in [-0.4, -0.2) is 32.5 Å². The number of likely N-dealkylation sites (N-methyl/N-ethyl adjacent to an activating group) is 1. The average molecular weight is 360 g/mol. The number of fused-ring (bicyclic) bond motifs is 1. The second-order valence-corrected chi connectivity index (χ2v) is 6.30. The standard InChI is InChI=1S/C19H18ClNO4/c1-11(14-9-13(24-3)5-6-15(14)20)19(23)12-4-7-17-16(8-12)21(2)18(22)10-25-17/h4-9,11H,10H2,1-3H3. The summed E-state index contributed by atoms with van der Waals surface area (Å²) >= 11 is 6.26. The average Bonchev–Trinajstić information content (AvgIpc) is 2.64. The van der Waals surface area contributed by atoms with Crippen molar-refractivity contribution in [1.82, 2.24) is 0 Å². The highest BCUT2D eigenvalue weighted by atomic mass is 35.5. The zero-order valence-electron chi connectivity index (χ0n) is 14.2. The summed E-state index contributed by atoms with van der Waals surface area (Å²) in [5.74, 6) is 0.533. The lowest BCUT2D eigenvalue weighted by Crippen LogP contribution is -2.35. The van der Waals surface area contributed by atoms with Gasteiger partial charge in [0.2, 0.25) is 0 Å². The van der Waals surface area contributed by atoms with Gasteiger partial charge in [-0.1, -0.05) is 18.5 Å². The van der Waals surface area contributed by atoms with Crippen LogP contribution in [0, 0.1) is 0 Å². The molecule has 2 aromatic carbocycles. The van der Waals surface area contributed by atoms with Gasteiger partial charge in [0.15, 0.2) is 12.4 Å². The van der Waals surface area contributed by atoms with E-state index in [1.807, 2.05) is 0 Å². The highest BCUT2D eigenvalue weighted by Crippen LogP contribution is 2.35. The number of ketones is 1.